The molecule has 1 saturated heterocycles. The first-order chi connectivity index (χ1) is 17.4. The van der Waals surface area contributed by atoms with Gasteiger partial charge in [0.15, 0.2) is 0 Å². The van der Waals surface area contributed by atoms with Crippen LogP contribution in [0.2, 0.25) is 0 Å². The molecule has 1 amide bonds. The van der Waals surface area contributed by atoms with Crippen molar-refractivity contribution in [2.45, 2.75) is 25.3 Å². The second-order valence-electron chi connectivity index (χ2n) is 8.67. The van der Waals surface area contributed by atoms with Gasteiger partial charge in [-0.1, -0.05) is 48.5 Å². The lowest BCUT2D eigenvalue weighted by atomic mass is 10.1. The number of benzene rings is 2. The monoisotopic (exact) mass is 504 g/mol. The molecule has 2 aromatic heterocycles. The molecule has 0 bridgehead atoms. The van der Waals surface area contributed by atoms with Gasteiger partial charge in [-0.15, -0.1) is 0 Å². The zero-order chi connectivity index (χ0) is 25.3. The summed E-state index contributed by atoms with van der Waals surface area (Å²) in [5.41, 5.74) is 3.27. The Morgan fingerprint density at radius 3 is 2.14 bits per heavy atom. The van der Waals surface area contributed by atoms with Crippen molar-refractivity contribution in [1.82, 2.24) is 28.8 Å². The van der Waals surface area contributed by atoms with Crippen LogP contribution in [0, 0.1) is 6.92 Å². The van der Waals surface area contributed by atoms with E-state index >= 15 is 0 Å². The fourth-order valence-electron chi connectivity index (χ4n) is 4.41. The smallest absolute Gasteiger partial charge is 0.257 e. The molecule has 0 saturated carbocycles. The Morgan fingerprint density at radius 2 is 1.53 bits per heavy atom. The minimum Gasteiger partial charge on any atom is -0.336 e. The third-order valence-electron chi connectivity index (χ3n) is 6.38. The molecule has 0 aliphatic carbocycles. The van der Waals surface area contributed by atoms with E-state index in [9.17, 15) is 13.2 Å². The molecule has 1 aliphatic rings. The molecule has 36 heavy (non-hydrogen) atoms. The van der Waals surface area contributed by atoms with Crippen molar-refractivity contribution in [3.8, 4) is 16.9 Å². The lowest BCUT2D eigenvalue weighted by Crippen LogP contribution is -2.50. The molecule has 5 rings (SSSR count). The predicted octanol–water partition coefficient (Wildman–Crippen LogP) is 3.21. The van der Waals surface area contributed by atoms with Crippen molar-refractivity contribution in [3.05, 3.63) is 84.3 Å². The van der Waals surface area contributed by atoms with Crippen LogP contribution in [0.5, 0.6) is 0 Å². The van der Waals surface area contributed by atoms with Crippen molar-refractivity contribution in [2.75, 3.05) is 26.2 Å². The Kier molecular flexibility index (Phi) is 6.46. The maximum atomic E-state index is 13.7. The van der Waals surface area contributed by atoms with Crippen LogP contribution < -0.4 is 0 Å². The highest BCUT2D eigenvalue weighted by Crippen LogP contribution is 2.26. The molecule has 1 aliphatic heterocycles. The minimum absolute atomic E-state index is 0.164. The average molecular weight is 505 g/mol. The normalized spacial score (nSPS) is 14.8. The number of piperazine rings is 1. The molecule has 9 nitrogen and oxygen atoms in total. The van der Waals surface area contributed by atoms with Crippen molar-refractivity contribution >= 4 is 15.9 Å². The number of carbonyl (C=O) groups is 1. The van der Waals surface area contributed by atoms with Crippen LogP contribution in [0.15, 0.2) is 78.0 Å². The SMILES string of the molecule is CCn1cc(S(=O)(=O)N2CCN(C(=O)c3cn(-c4ccccc4)nc3-c3ccccc3)CC2)c(C)n1. The summed E-state index contributed by atoms with van der Waals surface area (Å²) in [6.45, 7) is 5.24. The number of carbonyl (C=O) groups excluding carboxylic acids is 1. The maximum Gasteiger partial charge on any atom is 0.257 e. The van der Waals surface area contributed by atoms with Crippen LogP contribution in [-0.4, -0.2) is 69.3 Å². The summed E-state index contributed by atoms with van der Waals surface area (Å²) in [5.74, 6) is -0.164. The van der Waals surface area contributed by atoms with Crippen LogP contribution in [0.4, 0.5) is 0 Å². The van der Waals surface area contributed by atoms with Crippen molar-refractivity contribution in [3.63, 3.8) is 0 Å². The summed E-state index contributed by atoms with van der Waals surface area (Å²) in [4.78, 5) is 15.6. The van der Waals surface area contributed by atoms with E-state index in [1.165, 1.54) is 4.31 Å². The minimum atomic E-state index is -3.68. The number of aryl methyl sites for hydroxylation is 2. The molecule has 0 N–H and O–H groups in total. The van der Waals surface area contributed by atoms with Gasteiger partial charge < -0.3 is 4.90 Å². The molecule has 0 radical (unpaired) electrons. The quantitative estimate of drug-likeness (QED) is 0.402. The van der Waals surface area contributed by atoms with E-state index in [2.05, 4.69) is 5.10 Å². The third-order valence-corrected chi connectivity index (χ3v) is 8.38. The Bertz CT molecular complexity index is 1470. The summed E-state index contributed by atoms with van der Waals surface area (Å²) in [6, 6.07) is 19.2. The van der Waals surface area contributed by atoms with E-state index in [1.807, 2.05) is 67.6 Å². The van der Waals surface area contributed by atoms with Crippen LogP contribution >= 0.6 is 0 Å². The van der Waals surface area contributed by atoms with Crippen LogP contribution in [0.3, 0.4) is 0 Å². The fourth-order valence-corrected chi connectivity index (χ4v) is 6.00. The zero-order valence-electron chi connectivity index (χ0n) is 20.3. The second kappa shape index (κ2) is 9.71. The van der Waals surface area contributed by atoms with E-state index in [-0.39, 0.29) is 23.9 Å². The molecule has 4 aromatic rings. The van der Waals surface area contributed by atoms with E-state index in [1.54, 1.807) is 33.6 Å². The van der Waals surface area contributed by atoms with Crippen LogP contribution in [0.25, 0.3) is 16.9 Å². The fraction of sp³-hybridized carbons (Fsp3) is 0.269. The molecule has 10 heteroatoms. The largest absolute Gasteiger partial charge is 0.336 e. The molecule has 1 fully saturated rings. The molecule has 0 spiro atoms. The molecule has 0 unspecified atom stereocenters. The Hall–Kier alpha value is -3.76. The van der Waals surface area contributed by atoms with Gasteiger partial charge >= 0.3 is 0 Å². The zero-order valence-corrected chi connectivity index (χ0v) is 21.1. The summed E-state index contributed by atoms with van der Waals surface area (Å²) < 4.78 is 31.3. The second-order valence-corrected chi connectivity index (χ2v) is 10.6. The van der Waals surface area contributed by atoms with E-state index in [4.69, 9.17) is 5.10 Å². The van der Waals surface area contributed by atoms with Gasteiger partial charge in [0.25, 0.3) is 5.91 Å². The predicted molar refractivity (Wildman–Crippen MR) is 136 cm³/mol. The molecule has 2 aromatic carbocycles. The van der Waals surface area contributed by atoms with Gasteiger partial charge in [0.2, 0.25) is 10.0 Å². The highest BCUT2D eigenvalue weighted by molar-refractivity contribution is 7.89. The maximum absolute atomic E-state index is 13.7. The summed E-state index contributed by atoms with van der Waals surface area (Å²) in [5, 5.41) is 9.01. The number of rotatable bonds is 6. The third kappa shape index (κ3) is 4.45. The van der Waals surface area contributed by atoms with Gasteiger partial charge in [-0.25, -0.2) is 13.1 Å². The number of sulfonamides is 1. The first kappa shape index (κ1) is 24.0. The van der Waals surface area contributed by atoms with E-state index in [0.29, 0.717) is 36.6 Å². The first-order valence-electron chi connectivity index (χ1n) is 11.9. The van der Waals surface area contributed by atoms with Gasteiger partial charge in [0.1, 0.15) is 10.6 Å². The lowest BCUT2D eigenvalue weighted by molar-refractivity contribution is 0.0698. The number of nitrogens with zero attached hydrogens (tertiary/aromatic N) is 6. The Morgan fingerprint density at radius 1 is 0.889 bits per heavy atom. The first-order valence-corrected chi connectivity index (χ1v) is 13.4. The van der Waals surface area contributed by atoms with Gasteiger partial charge in [0.05, 0.1) is 16.9 Å². The molecule has 186 valence electrons. The lowest BCUT2D eigenvalue weighted by Gasteiger charge is -2.33. The molecular formula is C26H28N6O3S. The summed E-state index contributed by atoms with van der Waals surface area (Å²) in [7, 11) is -3.68. The van der Waals surface area contributed by atoms with Crippen LogP contribution in [0.1, 0.15) is 23.0 Å². The van der Waals surface area contributed by atoms with Gasteiger partial charge in [-0.3, -0.25) is 9.48 Å². The topological polar surface area (TPSA) is 93.3 Å². The van der Waals surface area contributed by atoms with Crippen LogP contribution in [-0.2, 0) is 16.6 Å². The standard InChI is InChI=1S/C26H28N6O3S/c1-3-30-19-24(20(2)27-30)36(34,35)31-16-14-29(15-17-31)26(33)23-18-32(22-12-8-5-9-13-22)28-25(23)21-10-6-4-7-11-21/h4-13,18-19H,3,14-17H2,1-2H3. The van der Waals surface area contributed by atoms with Crippen molar-refractivity contribution < 1.29 is 13.2 Å². The van der Waals surface area contributed by atoms with Gasteiger partial charge in [0, 0.05) is 50.7 Å². The number of hydrogen-bond donors (Lipinski definition) is 0. The number of aromatic nitrogens is 4. The number of para-hydroxylation sites is 1. The average Bonchev–Trinajstić information content (AvgIpc) is 3.54. The highest BCUT2D eigenvalue weighted by atomic mass is 32.2. The Balaban J connectivity index is 1.39. The Labute approximate surface area is 210 Å². The summed E-state index contributed by atoms with van der Waals surface area (Å²) >= 11 is 0. The molecule has 0 atom stereocenters. The van der Waals surface area contributed by atoms with Gasteiger partial charge in [-0.05, 0) is 26.0 Å². The van der Waals surface area contributed by atoms with Crippen molar-refractivity contribution in [2.24, 2.45) is 0 Å². The number of hydrogen-bond acceptors (Lipinski definition) is 5. The van der Waals surface area contributed by atoms with E-state index < -0.39 is 10.0 Å². The van der Waals surface area contributed by atoms with Crippen molar-refractivity contribution in [1.29, 1.82) is 0 Å². The van der Waals surface area contributed by atoms with Gasteiger partial charge in [-0.2, -0.15) is 14.5 Å². The molecule has 3 heterocycles. The summed E-state index contributed by atoms with van der Waals surface area (Å²) in [6.07, 6.45) is 3.33. The highest BCUT2D eigenvalue weighted by Gasteiger charge is 2.33. The van der Waals surface area contributed by atoms with E-state index in [0.717, 1.165) is 11.3 Å². The molecular weight excluding hydrogens is 476 g/mol. The number of amides is 1.